The zero-order chi connectivity index (χ0) is 13.9. The number of hydrogen-bond acceptors (Lipinski definition) is 9. The molecule has 0 spiro atoms. The van der Waals surface area contributed by atoms with Gasteiger partial charge in [-0.3, -0.25) is 14.3 Å². The number of tetrazole rings is 1. The Bertz CT molecular complexity index is 606. The first-order chi connectivity index (χ1) is 8.34. The molecule has 12 heteroatoms. The quantitative estimate of drug-likeness (QED) is 0.468. The van der Waals surface area contributed by atoms with Gasteiger partial charge in [0.2, 0.25) is 0 Å². The van der Waals surface area contributed by atoms with Crippen LogP contribution in [-0.2, 0) is 10.8 Å². The molecule has 2 heterocycles. The molecular weight excluding hydrogens is 264 g/mol. The van der Waals surface area contributed by atoms with Crippen molar-refractivity contribution in [1.29, 1.82) is 0 Å². The number of nitrogen functional groups attached to an aromatic ring is 2. The highest BCUT2D eigenvalue weighted by Gasteiger charge is 2.23. The second kappa shape index (κ2) is 5.31. The molecule has 0 bridgehead atoms. The Kier molecular flexibility index (Phi) is 4.04. The molecule has 0 radical (unpaired) electrons. The van der Waals surface area contributed by atoms with Crippen molar-refractivity contribution in [3.63, 3.8) is 0 Å². The lowest BCUT2D eigenvalue weighted by Gasteiger charge is -1.99. The summed E-state index contributed by atoms with van der Waals surface area (Å²) in [5, 5.41) is 24.2. The third-order valence-corrected chi connectivity index (χ3v) is 1.58. The maximum atomic E-state index is 10.6. The Morgan fingerprint density at radius 1 is 1.39 bits per heavy atom. The first-order valence-electron chi connectivity index (χ1n) is 4.37. The van der Waals surface area contributed by atoms with Gasteiger partial charge in [-0.1, -0.05) is 5.10 Å². The molecule has 2 aromatic heterocycles. The number of nitrogens with zero attached hydrogens (tertiary/aromatic N) is 6. The largest absolute Gasteiger partial charge is 0.390 e. The topological polar surface area (TPSA) is 168 Å². The summed E-state index contributed by atoms with van der Waals surface area (Å²) in [4.78, 5) is 9.91. The molecule has 0 fully saturated rings. The third kappa shape index (κ3) is 2.85. The Hall–Kier alpha value is -2.37. The molecule has 0 aliphatic rings. The zero-order valence-electron chi connectivity index (χ0n) is 9.47. The first-order valence-corrected chi connectivity index (χ1v) is 6.34. The summed E-state index contributed by atoms with van der Waals surface area (Å²) in [6.45, 7) is 0. The standard InChI is InChI=1S/C4H4N8O2.C2H6OS/c5-1-2(12(13)14)4-7-9-10-11(4)8-3(1)6;1-4(2)3/h5H2,(H2,6,8);1-2H3. The smallest absolute Gasteiger partial charge is 0.344 e. The predicted molar refractivity (Wildman–Crippen MR) is 64.0 cm³/mol. The molecule has 0 atom stereocenters. The van der Waals surface area contributed by atoms with Crippen molar-refractivity contribution in [1.82, 2.24) is 25.3 Å². The van der Waals surface area contributed by atoms with E-state index in [4.69, 9.17) is 11.5 Å². The Morgan fingerprint density at radius 2 is 1.94 bits per heavy atom. The minimum absolute atomic E-state index is 0.137. The third-order valence-electron chi connectivity index (χ3n) is 1.58. The summed E-state index contributed by atoms with van der Waals surface area (Å²) >= 11 is 0. The van der Waals surface area contributed by atoms with Crippen LogP contribution in [0.3, 0.4) is 0 Å². The highest BCUT2D eigenvalue weighted by Crippen LogP contribution is 2.27. The number of aromatic nitrogens is 5. The Morgan fingerprint density at radius 3 is 2.44 bits per heavy atom. The minimum Gasteiger partial charge on any atom is -0.390 e. The lowest BCUT2D eigenvalue weighted by molar-refractivity contribution is -0.382. The second-order valence-corrected chi connectivity index (χ2v) is 4.62. The van der Waals surface area contributed by atoms with Gasteiger partial charge >= 0.3 is 5.69 Å². The fourth-order valence-corrected chi connectivity index (χ4v) is 0.970. The van der Waals surface area contributed by atoms with E-state index < -0.39 is 21.4 Å². The number of nitro groups is 1. The van der Waals surface area contributed by atoms with Gasteiger partial charge in [-0.15, -0.1) is 9.73 Å². The van der Waals surface area contributed by atoms with E-state index in [1.165, 1.54) is 0 Å². The van der Waals surface area contributed by atoms with E-state index in [2.05, 4.69) is 20.6 Å². The van der Waals surface area contributed by atoms with Crippen molar-refractivity contribution in [2.75, 3.05) is 24.0 Å². The molecule has 0 aliphatic heterocycles. The van der Waals surface area contributed by atoms with Gasteiger partial charge in [0.15, 0.2) is 11.5 Å². The number of anilines is 2. The highest BCUT2D eigenvalue weighted by atomic mass is 32.2. The lowest BCUT2D eigenvalue weighted by Crippen LogP contribution is -2.08. The molecule has 2 rings (SSSR count). The lowest BCUT2D eigenvalue weighted by atomic mass is 10.4. The zero-order valence-corrected chi connectivity index (χ0v) is 10.3. The van der Waals surface area contributed by atoms with Crippen LogP contribution in [0.5, 0.6) is 0 Å². The minimum atomic E-state index is -0.709. The molecule has 11 nitrogen and oxygen atoms in total. The van der Waals surface area contributed by atoms with E-state index >= 15 is 0 Å². The fraction of sp³-hybridized carbons (Fsp3) is 0.333. The average Bonchev–Trinajstić information content (AvgIpc) is 2.65. The van der Waals surface area contributed by atoms with Crippen molar-refractivity contribution in [3.05, 3.63) is 10.1 Å². The molecule has 0 saturated heterocycles. The van der Waals surface area contributed by atoms with Crippen LogP contribution in [0.2, 0.25) is 0 Å². The van der Waals surface area contributed by atoms with Crippen molar-refractivity contribution in [3.8, 4) is 0 Å². The van der Waals surface area contributed by atoms with Crippen LogP contribution in [0.4, 0.5) is 17.2 Å². The number of nitrogens with two attached hydrogens (primary N) is 2. The maximum Gasteiger partial charge on any atom is 0.344 e. The number of rotatable bonds is 1. The molecule has 2 aromatic rings. The van der Waals surface area contributed by atoms with Crippen LogP contribution in [-0.4, -0.2) is 46.9 Å². The van der Waals surface area contributed by atoms with Crippen LogP contribution in [0, 0.1) is 10.1 Å². The molecular formula is C6H10N8O3S. The van der Waals surface area contributed by atoms with Gasteiger partial charge in [-0.2, -0.15) is 0 Å². The molecule has 98 valence electrons. The molecule has 0 unspecified atom stereocenters. The molecule has 0 amide bonds. The summed E-state index contributed by atoms with van der Waals surface area (Å²) in [5.41, 5.74) is 9.88. The number of fused-ring (bicyclic) bond motifs is 1. The first kappa shape index (κ1) is 13.7. The highest BCUT2D eigenvalue weighted by molar-refractivity contribution is 7.83. The van der Waals surface area contributed by atoms with E-state index in [9.17, 15) is 14.3 Å². The van der Waals surface area contributed by atoms with Crippen LogP contribution in [0.15, 0.2) is 0 Å². The van der Waals surface area contributed by atoms with Gasteiger partial charge in [-0.05, 0) is 10.4 Å². The Labute approximate surface area is 103 Å². The van der Waals surface area contributed by atoms with Gasteiger partial charge < -0.3 is 11.5 Å². The molecule has 0 aliphatic carbocycles. The average molecular weight is 274 g/mol. The van der Waals surface area contributed by atoms with Crippen LogP contribution in [0.25, 0.3) is 5.65 Å². The molecule has 0 saturated carbocycles. The van der Waals surface area contributed by atoms with E-state index in [0.717, 1.165) is 4.63 Å². The summed E-state index contributed by atoms with van der Waals surface area (Å²) < 4.78 is 10.4. The summed E-state index contributed by atoms with van der Waals surface area (Å²) in [5.74, 6) is -0.184. The summed E-state index contributed by atoms with van der Waals surface area (Å²) in [6, 6.07) is 0. The second-order valence-electron chi connectivity index (χ2n) is 3.14. The van der Waals surface area contributed by atoms with Crippen molar-refractivity contribution in [2.24, 2.45) is 0 Å². The monoisotopic (exact) mass is 274 g/mol. The number of hydrogen-bond donors (Lipinski definition) is 2. The van der Waals surface area contributed by atoms with E-state index in [1.54, 1.807) is 12.5 Å². The van der Waals surface area contributed by atoms with E-state index in [0.29, 0.717) is 0 Å². The Balaban J connectivity index is 0.000000357. The van der Waals surface area contributed by atoms with E-state index in [1.807, 2.05) is 0 Å². The fourth-order valence-electron chi connectivity index (χ4n) is 0.970. The van der Waals surface area contributed by atoms with Crippen molar-refractivity contribution < 1.29 is 9.13 Å². The van der Waals surface area contributed by atoms with Crippen molar-refractivity contribution in [2.45, 2.75) is 0 Å². The molecule has 18 heavy (non-hydrogen) atoms. The van der Waals surface area contributed by atoms with Crippen LogP contribution < -0.4 is 11.5 Å². The predicted octanol–water partition coefficient (Wildman–Crippen LogP) is -1.41. The SMILES string of the molecule is CS(C)=O.Nc1nn2nnnc2c([N+](=O)[O-])c1N. The van der Waals surface area contributed by atoms with Gasteiger partial charge in [0.25, 0.3) is 5.65 Å². The molecule has 0 aromatic carbocycles. The van der Waals surface area contributed by atoms with Gasteiger partial charge in [0.05, 0.1) is 4.92 Å². The maximum absolute atomic E-state index is 10.6. The summed E-state index contributed by atoms with van der Waals surface area (Å²) in [7, 11) is -0.611. The van der Waals surface area contributed by atoms with Gasteiger partial charge in [0.1, 0.15) is 0 Å². The molecule has 4 N–H and O–H groups in total. The van der Waals surface area contributed by atoms with Crippen molar-refractivity contribution >= 4 is 33.6 Å². The van der Waals surface area contributed by atoms with Gasteiger partial charge in [-0.25, -0.2) is 0 Å². The van der Waals surface area contributed by atoms with Gasteiger partial charge in [0, 0.05) is 23.3 Å². The van der Waals surface area contributed by atoms with Crippen LogP contribution >= 0.6 is 0 Å². The summed E-state index contributed by atoms with van der Waals surface area (Å²) in [6.07, 6.45) is 3.28. The van der Waals surface area contributed by atoms with E-state index in [-0.39, 0.29) is 17.2 Å². The van der Waals surface area contributed by atoms with Crippen LogP contribution in [0.1, 0.15) is 0 Å². The normalized spacial score (nSPS) is 10.2.